The van der Waals surface area contributed by atoms with E-state index >= 15 is 0 Å². The standard InChI is InChI=1S/C12H20N2O3S/c1-10(2)18(15,16)7-6-17-12-5-4-11(8-13-3)14-9-12/h4-5,9-10,13H,6-8H2,1-3H3. The van der Waals surface area contributed by atoms with E-state index in [-0.39, 0.29) is 17.6 Å². The minimum Gasteiger partial charge on any atom is -0.491 e. The molecule has 0 fully saturated rings. The minimum absolute atomic E-state index is 0.0307. The van der Waals surface area contributed by atoms with Crippen molar-refractivity contribution in [3.8, 4) is 5.75 Å². The molecule has 1 heterocycles. The SMILES string of the molecule is CNCc1ccc(OCCS(=O)(=O)C(C)C)cn1. The van der Waals surface area contributed by atoms with E-state index in [2.05, 4.69) is 10.3 Å². The fourth-order valence-corrected chi connectivity index (χ4v) is 2.08. The van der Waals surface area contributed by atoms with Crippen LogP contribution >= 0.6 is 0 Å². The Balaban J connectivity index is 2.45. The summed E-state index contributed by atoms with van der Waals surface area (Å²) in [5.74, 6) is 0.622. The highest BCUT2D eigenvalue weighted by molar-refractivity contribution is 7.91. The van der Waals surface area contributed by atoms with Gasteiger partial charge in [-0.15, -0.1) is 0 Å². The summed E-state index contributed by atoms with van der Waals surface area (Å²) in [6.45, 7) is 4.20. The van der Waals surface area contributed by atoms with E-state index in [4.69, 9.17) is 4.74 Å². The molecule has 18 heavy (non-hydrogen) atoms. The molecule has 0 saturated heterocycles. The third-order valence-corrected chi connectivity index (χ3v) is 4.68. The lowest BCUT2D eigenvalue weighted by atomic mass is 10.3. The van der Waals surface area contributed by atoms with E-state index in [0.29, 0.717) is 12.3 Å². The van der Waals surface area contributed by atoms with E-state index < -0.39 is 9.84 Å². The molecule has 0 unspecified atom stereocenters. The monoisotopic (exact) mass is 272 g/mol. The third-order valence-electron chi connectivity index (χ3n) is 2.51. The molecule has 1 rings (SSSR count). The average Bonchev–Trinajstić information content (AvgIpc) is 2.31. The molecule has 1 aromatic heterocycles. The fraction of sp³-hybridized carbons (Fsp3) is 0.583. The first kappa shape index (κ1) is 14.9. The summed E-state index contributed by atoms with van der Waals surface area (Å²) in [5, 5.41) is 2.63. The molecule has 0 saturated carbocycles. The van der Waals surface area contributed by atoms with E-state index in [9.17, 15) is 8.42 Å². The quantitative estimate of drug-likeness (QED) is 0.802. The molecule has 0 amide bonds. The number of ether oxygens (including phenoxy) is 1. The van der Waals surface area contributed by atoms with Crippen molar-refractivity contribution in [2.45, 2.75) is 25.6 Å². The van der Waals surface area contributed by atoms with Crippen molar-refractivity contribution in [1.29, 1.82) is 0 Å². The summed E-state index contributed by atoms with van der Waals surface area (Å²) in [7, 11) is -1.19. The fourth-order valence-electron chi connectivity index (χ4n) is 1.29. The maximum absolute atomic E-state index is 11.6. The van der Waals surface area contributed by atoms with Gasteiger partial charge in [-0.1, -0.05) is 0 Å². The van der Waals surface area contributed by atoms with E-state index in [1.54, 1.807) is 26.1 Å². The van der Waals surface area contributed by atoms with Gasteiger partial charge in [0.05, 0.1) is 22.9 Å². The summed E-state index contributed by atoms with van der Waals surface area (Å²) >= 11 is 0. The number of sulfone groups is 1. The van der Waals surface area contributed by atoms with Crippen molar-refractivity contribution in [3.63, 3.8) is 0 Å². The van der Waals surface area contributed by atoms with E-state index in [0.717, 1.165) is 5.69 Å². The molecule has 0 aliphatic heterocycles. The molecular weight excluding hydrogens is 252 g/mol. The highest BCUT2D eigenvalue weighted by atomic mass is 32.2. The molecule has 5 nitrogen and oxygen atoms in total. The summed E-state index contributed by atoms with van der Waals surface area (Å²) in [6.07, 6.45) is 1.61. The Kier molecular flexibility index (Phi) is 5.55. The smallest absolute Gasteiger partial charge is 0.155 e. The van der Waals surface area contributed by atoms with Gasteiger partial charge in [0.25, 0.3) is 0 Å². The Morgan fingerprint density at radius 3 is 2.61 bits per heavy atom. The van der Waals surface area contributed by atoms with Crippen LogP contribution in [0.5, 0.6) is 5.75 Å². The first-order chi connectivity index (χ1) is 8.45. The van der Waals surface area contributed by atoms with Crippen molar-refractivity contribution >= 4 is 9.84 Å². The number of pyridine rings is 1. The van der Waals surface area contributed by atoms with Gasteiger partial charge in [0.1, 0.15) is 12.4 Å². The van der Waals surface area contributed by atoms with Gasteiger partial charge in [-0.25, -0.2) is 8.42 Å². The number of hydrogen-bond donors (Lipinski definition) is 1. The van der Waals surface area contributed by atoms with Crippen LogP contribution in [0, 0.1) is 0 Å². The zero-order valence-corrected chi connectivity index (χ0v) is 11.8. The molecule has 0 aromatic carbocycles. The van der Waals surface area contributed by atoms with Crippen LogP contribution in [0.25, 0.3) is 0 Å². The normalized spacial score (nSPS) is 11.8. The molecule has 102 valence electrons. The van der Waals surface area contributed by atoms with Gasteiger partial charge in [-0.3, -0.25) is 4.98 Å². The largest absolute Gasteiger partial charge is 0.491 e. The van der Waals surface area contributed by atoms with Crippen molar-refractivity contribution < 1.29 is 13.2 Å². The van der Waals surface area contributed by atoms with Gasteiger partial charge in [0.2, 0.25) is 0 Å². The summed E-state index contributed by atoms with van der Waals surface area (Å²) in [5.41, 5.74) is 0.916. The predicted molar refractivity (Wildman–Crippen MR) is 71.4 cm³/mol. The molecule has 0 bridgehead atoms. The Labute approximate surface area is 108 Å². The van der Waals surface area contributed by atoms with Crippen molar-refractivity contribution in [1.82, 2.24) is 10.3 Å². The highest BCUT2D eigenvalue weighted by Gasteiger charge is 2.15. The molecule has 0 spiro atoms. The van der Waals surface area contributed by atoms with Gasteiger partial charge in [0.15, 0.2) is 9.84 Å². The number of rotatable bonds is 7. The summed E-state index contributed by atoms with van der Waals surface area (Å²) < 4.78 is 28.5. The first-order valence-electron chi connectivity index (χ1n) is 5.89. The molecule has 6 heteroatoms. The lowest BCUT2D eigenvalue weighted by molar-refractivity contribution is 0.339. The van der Waals surface area contributed by atoms with Gasteiger partial charge in [-0.2, -0.15) is 0 Å². The van der Waals surface area contributed by atoms with Crippen LogP contribution in [-0.4, -0.2) is 38.1 Å². The molecular formula is C12H20N2O3S. The number of nitrogens with one attached hydrogen (secondary N) is 1. The molecule has 1 N–H and O–H groups in total. The molecule has 0 radical (unpaired) electrons. The second-order valence-electron chi connectivity index (χ2n) is 4.28. The number of hydrogen-bond acceptors (Lipinski definition) is 5. The number of aromatic nitrogens is 1. The van der Waals surface area contributed by atoms with Crippen molar-refractivity contribution in [3.05, 3.63) is 24.0 Å². The predicted octanol–water partition coefficient (Wildman–Crippen LogP) is 1.00. The molecule has 0 aliphatic carbocycles. The lowest BCUT2D eigenvalue weighted by Gasteiger charge is -2.09. The van der Waals surface area contributed by atoms with Gasteiger partial charge < -0.3 is 10.1 Å². The highest BCUT2D eigenvalue weighted by Crippen LogP contribution is 2.09. The molecule has 1 aromatic rings. The Morgan fingerprint density at radius 2 is 2.11 bits per heavy atom. The van der Waals surface area contributed by atoms with Crippen LogP contribution in [0.15, 0.2) is 18.3 Å². The Bertz CT molecular complexity index is 455. The zero-order valence-electron chi connectivity index (χ0n) is 11.0. The van der Waals surface area contributed by atoms with Crippen molar-refractivity contribution in [2.24, 2.45) is 0 Å². The first-order valence-corrected chi connectivity index (χ1v) is 7.61. The average molecular weight is 272 g/mol. The lowest BCUT2D eigenvalue weighted by Crippen LogP contribution is -2.22. The second kappa shape index (κ2) is 6.70. The number of nitrogens with zero attached hydrogens (tertiary/aromatic N) is 1. The summed E-state index contributed by atoms with van der Waals surface area (Å²) in [6, 6.07) is 3.64. The van der Waals surface area contributed by atoms with Gasteiger partial charge in [0, 0.05) is 6.54 Å². The maximum Gasteiger partial charge on any atom is 0.155 e. The maximum atomic E-state index is 11.6. The zero-order chi connectivity index (χ0) is 13.6. The Morgan fingerprint density at radius 1 is 1.39 bits per heavy atom. The van der Waals surface area contributed by atoms with Gasteiger partial charge >= 0.3 is 0 Å². The topological polar surface area (TPSA) is 68.3 Å². The van der Waals surface area contributed by atoms with E-state index in [1.165, 1.54) is 0 Å². The summed E-state index contributed by atoms with van der Waals surface area (Å²) in [4.78, 5) is 4.18. The Hall–Kier alpha value is -1.14. The van der Waals surface area contributed by atoms with E-state index in [1.807, 2.05) is 13.1 Å². The van der Waals surface area contributed by atoms with Gasteiger partial charge in [-0.05, 0) is 33.0 Å². The van der Waals surface area contributed by atoms with Crippen LogP contribution in [0.4, 0.5) is 0 Å². The van der Waals surface area contributed by atoms with Crippen LogP contribution in [-0.2, 0) is 16.4 Å². The second-order valence-corrected chi connectivity index (χ2v) is 6.96. The molecule has 0 aliphatic rings. The van der Waals surface area contributed by atoms with Crippen LogP contribution < -0.4 is 10.1 Å². The minimum atomic E-state index is -3.04. The van der Waals surface area contributed by atoms with Crippen molar-refractivity contribution in [2.75, 3.05) is 19.4 Å². The van der Waals surface area contributed by atoms with Crippen LogP contribution in [0.2, 0.25) is 0 Å². The van der Waals surface area contributed by atoms with Crippen LogP contribution in [0.3, 0.4) is 0 Å². The van der Waals surface area contributed by atoms with Crippen LogP contribution in [0.1, 0.15) is 19.5 Å². The molecule has 0 atom stereocenters. The third kappa shape index (κ3) is 4.62.